The SMILES string of the molecule is Cc1nn(-c2ccccc2)c(C)c1C(=O)Nc1ccc2c(c1)CCC(=O)N2. The Balaban J connectivity index is 1.61. The molecule has 0 spiro atoms. The van der Waals surface area contributed by atoms with Gasteiger partial charge in [-0.15, -0.1) is 0 Å². The second-order valence-electron chi connectivity index (χ2n) is 6.67. The normalized spacial score (nSPS) is 13.0. The van der Waals surface area contributed by atoms with Crippen molar-refractivity contribution in [3.8, 4) is 5.69 Å². The quantitative estimate of drug-likeness (QED) is 0.749. The number of carbonyl (C=O) groups excluding carboxylic acids is 2. The maximum atomic E-state index is 12.9. The topological polar surface area (TPSA) is 76.0 Å². The summed E-state index contributed by atoms with van der Waals surface area (Å²) < 4.78 is 1.78. The molecule has 2 N–H and O–H groups in total. The molecule has 1 aliphatic rings. The van der Waals surface area contributed by atoms with E-state index in [4.69, 9.17) is 0 Å². The molecule has 0 unspecified atom stereocenters. The van der Waals surface area contributed by atoms with E-state index in [1.54, 1.807) is 10.7 Å². The van der Waals surface area contributed by atoms with Crippen LogP contribution in [0.15, 0.2) is 48.5 Å². The van der Waals surface area contributed by atoms with Crippen molar-refractivity contribution >= 4 is 23.2 Å². The van der Waals surface area contributed by atoms with Crippen LogP contribution in [0.4, 0.5) is 11.4 Å². The van der Waals surface area contributed by atoms with Gasteiger partial charge in [-0.3, -0.25) is 9.59 Å². The summed E-state index contributed by atoms with van der Waals surface area (Å²) >= 11 is 0. The first-order chi connectivity index (χ1) is 13.0. The van der Waals surface area contributed by atoms with Gasteiger partial charge in [-0.05, 0) is 56.2 Å². The number of nitrogens with zero attached hydrogens (tertiary/aromatic N) is 2. The Hall–Kier alpha value is -3.41. The van der Waals surface area contributed by atoms with Crippen molar-refractivity contribution in [3.63, 3.8) is 0 Å². The molecule has 2 aromatic carbocycles. The number of carbonyl (C=O) groups is 2. The van der Waals surface area contributed by atoms with Crippen LogP contribution in [0, 0.1) is 13.8 Å². The van der Waals surface area contributed by atoms with Crippen LogP contribution in [0.3, 0.4) is 0 Å². The first-order valence-corrected chi connectivity index (χ1v) is 8.88. The average molecular weight is 360 g/mol. The number of aryl methyl sites for hydroxylation is 2. The molecular weight excluding hydrogens is 340 g/mol. The molecule has 1 aromatic heterocycles. The zero-order chi connectivity index (χ0) is 19.0. The van der Waals surface area contributed by atoms with E-state index in [0.717, 1.165) is 22.6 Å². The molecule has 0 fully saturated rings. The van der Waals surface area contributed by atoms with Gasteiger partial charge >= 0.3 is 0 Å². The largest absolute Gasteiger partial charge is 0.326 e. The van der Waals surface area contributed by atoms with Crippen LogP contribution in [-0.2, 0) is 11.2 Å². The molecule has 0 atom stereocenters. The molecule has 27 heavy (non-hydrogen) atoms. The number of hydrogen-bond acceptors (Lipinski definition) is 3. The fourth-order valence-electron chi connectivity index (χ4n) is 3.45. The second-order valence-corrected chi connectivity index (χ2v) is 6.67. The van der Waals surface area contributed by atoms with Gasteiger partial charge in [0.25, 0.3) is 5.91 Å². The Labute approximate surface area is 157 Å². The fourth-order valence-corrected chi connectivity index (χ4v) is 3.45. The van der Waals surface area contributed by atoms with Gasteiger partial charge in [0.2, 0.25) is 5.91 Å². The molecule has 6 nitrogen and oxygen atoms in total. The van der Waals surface area contributed by atoms with Gasteiger partial charge in [0.1, 0.15) is 0 Å². The highest BCUT2D eigenvalue weighted by atomic mass is 16.2. The zero-order valence-electron chi connectivity index (χ0n) is 15.2. The van der Waals surface area contributed by atoms with Crippen molar-refractivity contribution in [1.82, 2.24) is 9.78 Å². The summed E-state index contributed by atoms with van der Waals surface area (Å²) in [6, 6.07) is 15.3. The van der Waals surface area contributed by atoms with Crippen molar-refractivity contribution in [1.29, 1.82) is 0 Å². The van der Waals surface area contributed by atoms with E-state index in [-0.39, 0.29) is 11.8 Å². The summed E-state index contributed by atoms with van der Waals surface area (Å²) in [7, 11) is 0. The molecule has 0 bridgehead atoms. The summed E-state index contributed by atoms with van der Waals surface area (Å²) in [5.74, 6) is -0.161. The number of aromatic nitrogens is 2. The van der Waals surface area contributed by atoms with Crippen molar-refractivity contribution in [3.05, 3.63) is 71.0 Å². The number of para-hydroxylation sites is 1. The van der Waals surface area contributed by atoms with Gasteiger partial charge in [-0.1, -0.05) is 18.2 Å². The van der Waals surface area contributed by atoms with Gasteiger partial charge < -0.3 is 10.6 Å². The van der Waals surface area contributed by atoms with E-state index in [1.807, 2.05) is 56.3 Å². The molecule has 2 amide bonds. The van der Waals surface area contributed by atoms with E-state index < -0.39 is 0 Å². The lowest BCUT2D eigenvalue weighted by Gasteiger charge is -2.17. The molecule has 0 aliphatic carbocycles. The highest BCUT2D eigenvalue weighted by Gasteiger charge is 2.20. The summed E-state index contributed by atoms with van der Waals surface area (Å²) in [5.41, 5.74) is 5.52. The maximum Gasteiger partial charge on any atom is 0.259 e. The minimum atomic E-state index is -0.188. The molecule has 136 valence electrons. The van der Waals surface area contributed by atoms with Gasteiger partial charge in [-0.25, -0.2) is 4.68 Å². The highest BCUT2D eigenvalue weighted by molar-refractivity contribution is 6.06. The summed E-state index contributed by atoms with van der Waals surface area (Å²) in [4.78, 5) is 24.4. The summed E-state index contributed by atoms with van der Waals surface area (Å²) in [6.45, 7) is 3.73. The molecule has 0 saturated heterocycles. The van der Waals surface area contributed by atoms with Gasteiger partial charge in [-0.2, -0.15) is 5.10 Å². The van der Waals surface area contributed by atoms with E-state index in [9.17, 15) is 9.59 Å². The van der Waals surface area contributed by atoms with Crippen LogP contribution >= 0.6 is 0 Å². The van der Waals surface area contributed by atoms with Crippen molar-refractivity contribution < 1.29 is 9.59 Å². The standard InChI is InChI=1S/C21H20N4O2/c1-13-20(14(2)25(24-13)17-6-4-3-5-7-17)21(27)22-16-9-10-18-15(12-16)8-11-19(26)23-18/h3-7,9-10,12H,8,11H2,1-2H3,(H,22,27)(H,23,26). The summed E-state index contributed by atoms with van der Waals surface area (Å²) in [6.07, 6.45) is 1.14. The molecule has 0 radical (unpaired) electrons. The van der Waals surface area contributed by atoms with Gasteiger partial charge in [0, 0.05) is 17.8 Å². The number of rotatable bonds is 3. The molecular formula is C21H20N4O2. The van der Waals surface area contributed by atoms with Crippen LogP contribution in [0.2, 0.25) is 0 Å². The second kappa shape index (κ2) is 6.72. The Kier molecular flexibility index (Phi) is 4.24. The minimum Gasteiger partial charge on any atom is -0.326 e. The van der Waals surface area contributed by atoms with E-state index in [2.05, 4.69) is 15.7 Å². The van der Waals surface area contributed by atoms with E-state index in [1.165, 1.54) is 0 Å². The Morgan fingerprint density at radius 1 is 1.11 bits per heavy atom. The third kappa shape index (κ3) is 3.21. The monoisotopic (exact) mass is 360 g/mol. The van der Waals surface area contributed by atoms with Crippen LogP contribution in [0.1, 0.15) is 33.7 Å². The Morgan fingerprint density at radius 2 is 1.89 bits per heavy atom. The number of hydrogen-bond donors (Lipinski definition) is 2. The van der Waals surface area contributed by atoms with Gasteiger partial charge in [0.15, 0.2) is 0 Å². The smallest absolute Gasteiger partial charge is 0.259 e. The number of fused-ring (bicyclic) bond motifs is 1. The average Bonchev–Trinajstić information content (AvgIpc) is 2.97. The lowest BCUT2D eigenvalue weighted by Crippen LogP contribution is -2.19. The van der Waals surface area contributed by atoms with Crippen molar-refractivity contribution in [2.45, 2.75) is 26.7 Å². The first kappa shape index (κ1) is 17.0. The Bertz CT molecular complexity index is 1040. The van der Waals surface area contributed by atoms with Crippen LogP contribution < -0.4 is 10.6 Å². The maximum absolute atomic E-state index is 12.9. The van der Waals surface area contributed by atoms with Crippen molar-refractivity contribution in [2.24, 2.45) is 0 Å². The Morgan fingerprint density at radius 3 is 2.67 bits per heavy atom. The van der Waals surface area contributed by atoms with Crippen LogP contribution in [0.5, 0.6) is 0 Å². The minimum absolute atomic E-state index is 0.0267. The zero-order valence-corrected chi connectivity index (χ0v) is 15.2. The predicted octanol–water partition coefficient (Wildman–Crippen LogP) is 3.63. The molecule has 4 rings (SSSR count). The van der Waals surface area contributed by atoms with Crippen LogP contribution in [0.25, 0.3) is 5.69 Å². The number of amides is 2. The number of anilines is 2. The van der Waals surface area contributed by atoms with Crippen molar-refractivity contribution in [2.75, 3.05) is 10.6 Å². The number of benzene rings is 2. The third-order valence-electron chi connectivity index (χ3n) is 4.78. The molecule has 1 aliphatic heterocycles. The first-order valence-electron chi connectivity index (χ1n) is 8.88. The van der Waals surface area contributed by atoms with Crippen LogP contribution in [-0.4, -0.2) is 21.6 Å². The molecule has 0 saturated carbocycles. The third-order valence-corrected chi connectivity index (χ3v) is 4.78. The van der Waals surface area contributed by atoms with E-state index >= 15 is 0 Å². The molecule has 6 heteroatoms. The van der Waals surface area contributed by atoms with E-state index in [0.29, 0.717) is 29.8 Å². The fraction of sp³-hybridized carbons (Fsp3) is 0.190. The lowest BCUT2D eigenvalue weighted by molar-refractivity contribution is -0.116. The molecule has 3 aromatic rings. The predicted molar refractivity (Wildman–Crippen MR) is 104 cm³/mol. The molecule has 2 heterocycles. The van der Waals surface area contributed by atoms with Gasteiger partial charge in [0.05, 0.1) is 22.6 Å². The number of nitrogens with one attached hydrogen (secondary N) is 2. The summed E-state index contributed by atoms with van der Waals surface area (Å²) in [5, 5.41) is 10.3. The highest BCUT2D eigenvalue weighted by Crippen LogP contribution is 2.26. The lowest BCUT2D eigenvalue weighted by atomic mass is 10.0.